The molecule has 136 valence electrons. The molecule has 2 saturated heterocycles. The van der Waals surface area contributed by atoms with E-state index in [0.717, 1.165) is 37.5 Å². The Morgan fingerprint density at radius 3 is 2.24 bits per heavy atom. The molecule has 0 radical (unpaired) electrons. The molecule has 1 amide bonds. The molecule has 4 rings (SSSR count). The van der Waals surface area contributed by atoms with Gasteiger partial charge in [0.2, 0.25) is 0 Å². The van der Waals surface area contributed by atoms with E-state index in [9.17, 15) is 4.79 Å². The van der Waals surface area contributed by atoms with Gasteiger partial charge in [0.1, 0.15) is 0 Å². The smallest absolute Gasteiger partial charge is 0.253 e. The van der Waals surface area contributed by atoms with Gasteiger partial charge in [-0.3, -0.25) is 9.69 Å². The highest BCUT2D eigenvalue weighted by Gasteiger charge is 2.36. The highest BCUT2D eigenvalue weighted by atomic mass is 16.2. The van der Waals surface area contributed by atoms with Crippen molar-refractivity contribution in [3.05, 3.63) is 35.4 Å². The number of piperidine rings is 1. The van der Waals surface area contributed by atoms with Gasteiger partial charge in [0, 0.05) is 43.3 Å². The summed E-state index contributed by atoms with van der Waals surface area (Å²) >= 11 is 0. The van der Waals surface area contributed by atoms with E-state index in [1.54, 1.807) is 0 Å². The average molecular weight is 341 g/mol. The van der Waals surface area contributed by atoms with E-state index in [4.69, 9.17) is 0 Å². The third kappa shape index (κ3) is 3.75. The van der Waals surface area contributed by atoms with Crippen molar-refractivity contribution in [2.75, 3.05) is 13.6 Å². The normalized spacial score (nSPS) is 28.4. The SMILES string of the molecule is CCN(Cc1ccc(C(=O)N(C)C2CC3CCC(C2)N3)cc1)C1CC1. The number of benzene rings is 1. The summed E-state index contributed by atoms with van der Waals surface area (Å²) in [6, 6.07) is 10.7. The van der Waals surface area contributed by atoms with Crippen LogP contribution >= 0.6 is 0 Å². The van der Waals surface area contributed by atoms with E-state index in [1.165, 1.54) is 31.2 Å². The molecular weight excluding hydrogens is 310 g/mol. The zero-order valence-corrected chi connectivity index (χ0v) is 15.6. The molecule has 2 unspecified atom stereocenters. The first-order chi connectivity index (χ1) is 12.1. The summed E-state index contributed by atoms with van der Waals surface area (Å²) in [6.45, 7) is 4.34. The van der Waals surface area contributed by atoms with Crippen LogP contribution in [-0.2, 0) is 6.54 Å². The fourth-order valence-electron chi connectivity index (χ4n) is 4.64. The van der Waals surface area contributed by atoms with Crippen LogP contribution in [0.5, 0.6) is 0 Å². The maximum atomic E-state index is 12.9. The molecular formula is C21H31N3O. The van der Waals surface area contributed by atoms with Gasteiger partial charge < -0.3 is 10.2 Å². The molecule has 4 nitrogen and oxygen atoms in total. The van der Waals surface area contributed by atoms with Crippen LogP contribution in [-0.4, -0.2) is 53.5 Å². The Bertz CT molecular complexity index is 598. The van der Waals surface area contributed by atoms with Crippen molar-refractivity contribution >= 4 is 5.91 Å². The zero-order chi connectivity index (χ0) is 17.4. The molecule has 1 saturated carbocycles. The lowest BCUT2D eigenvalue weighted by Crippen LogP contribution is -2.48. The monoisotopic (exact) mass is 341 g/mol. The van der Waals surface area contributed by atoms with Gasteiger partial charge in [-0.25, -0.2) is 0 Å². The Morgan fingerprint density at radius 1 is 1.04 bits per heavy atom. The van der Waals surface area contributed by atoms with Crippen molar-refractivity contribution < 1.29 is 4.79 Å². The van der Waals surface area contributed by atoms with E-state index in [-0.39, 0.29) is 5.91 Å². The number of rotatable bonds is 6. The molecule has 2 heterocycles. The highest BCUT2D eigenvalue weighted by Crippen LogP contribution is 2.30. The molecule has 1 aliphatic carbocycles. The molecule has 0 aromatic heterocycles. The predicted molar refractivity (Wildman–Crippen MR) is 101 cm³/mol. The maximum absolute atomic E-state index is 12.9. The van der Waals surface area contributed by atoms with Gasteiger partial charge in [0.15, 0.2) is 0 Å². The van der Waals surface area contributed by atoms with Crippen LogP contribution in [0.15, 0.2) is 24.3 Å². The van der Waals surface area contributed by atoms with Crippen LogP contribution in [0, 0.1) is 0 Å². The summed E-state index contributed by atoms with van der Waals surface area (Å²) in [7, 11) is 1.98. The quantitative estimate of drug-likeness (QED) is 0.864. The van der Waals surface area contributed by atoms with E-state index in [1.807, 2.05) is 24.1 Å². The number of hydrogen-bond donors (Lipinski definition) is 1. The Kier molecular flexibility index (Phi) is 4.83. The number of fused-ring (bicyclic) bond motifs is 2. The average Bonchev–Trinajstić information content (AvgIpc) is 3.43. The van der Waals surface area contributed by atoms with Gasteiger partial charge in [0.05, 0.1) is 0 Å². The van der Waals surface area contributed by atoms with Crippen LogP contribution in [0.1, 0.15) is 61.4 Å². The first-order valence-electron chi connectivity index (χ1n) is 10.00. The summed E-state index contributed by atoms with van der Waals surface area (Å²) in [5, 5.41) is 3.66. The minimum atomic E-state index is 0.174. The van der Waals surface area contributed by atoms with Crippen LogP contribution in [0.25, 0.3) is 0 Å². The molecule has 2 atom stereocenters. The molecule has 2 bridgehead atoms. The van der Waals surface area contributed by atoms with Gasteiger partial charge in [-0.2, -0.15) is 0 Å². The Balaban J connectivity index is 1.38. The highest BCUT2D eigenvalue weighted by molar-refractivity contribution is 5.94. The molecule has 3 aliphatic rings. The summed E-state index contributed by atoms with van der Waals surface area (Å²) < 4.78 is 0. The van der Waals surface area contributed by atoms with E-state index in [0.29, 0.717) is 18.1 Å². The van der Waals surface area contributed by atoms with Gasteiger partial charge >= 0.3 is 0 Å². The third-order valence-electron chi connectivity index (χ3n) is 6.37. The lowest BCUT2D eigenvalue weighted by atomic mass is 9.98. The van der Waals surface area contributed by atoms with Crippen molar-refractivity contribution in [1.82, 2.24) is 15.1 Å². The van der Waals surface area contributed by atoms with E-state index < -0.39 is 0 Å². The van der Waals surface area contributed by atoms with Crippen molar-refractivity contribution in [2.24, 2.45) is 0 Å². The number of carbonyl (C=O) groups is 1. The van der Waals surface area contributed by atoms with Gasteiger partial charge in [-0.1, -0.05) is 19.1 Å². The summed E-state index contributed by atoms with van der Waals surface area (Å²) in [5.74, 6) is 0.174. The minimum absolute atomic E-state index is 0.174. The lowest BCUT2D eigenvalue weighted by molar-refractivity contribution is 0.0681. The summed E-state index contributed by atoms with van der Waals surface area (Å²) in [5.41, 5.74) is 2.14. The largest absolute Gasteiger partial charge is 0.339 e. The van der Waals surface area contributed by atoms with Crippen molar-refractivity contribution in [1.29, 1.82) is 0 Å². The fourth-order valence-corrected chi connectivity index (χ4v) is 4.64. The second-order valence-corrected chi connectivity index (χ2v) is 8.17. The standard InChI is InChI=1S/C21H31N3O/c1-3-24(19-10-11-19)14-15-4-6-16(7-5-15)21(25)23(2)20-12-17-8-9-18(13-20)22-17/h4-7,17-20,22H,3,8-14H2,1-2H3. The predicted octanol–water partition coefficient (Wildman–Crippen LogP) is 3.03. The lowest BCUT2D eigenvalue weighted by Gasteiger charge is -2.35. The number of amides is 1. The third-order valence-corrected chi connectivity index (χ3v) is 6.37. The molecule has 2 aliphatic heterocycles. The van der Waals surface area contributed by atoms with Crippen LogP contribution < -0.4 is 5.32 Å². The van der Waals surface area contributed by atoms with Crippen molar-refractivity contribution in [3.63, 3.8) is 0 Å². The van der Waals surface area contributed by atoms with Crippen LogP contribution in [0.2, 0.25) is 0 Å². The van der Waals surface area contributed by atoms with E-state index >= 15 is 0 Å². The number of carbonyl (C=O) groups excluding carboxylic acids is 1. The molecule has 1 aromatic carbocycles. The number of hydrogen-bond acceptors (Lipinski definition) is 3. The van der Waals surface area contributed by atoms with Crippen LogP contribution in [0.4, 0.5) is 0 Å². The van der Waals surface area contributed by atoms with Gasteiger partial charge in [0.25, 0.3) is 5.91 Å². The van der Waals surface area contributed by atoms with Crippen LogP contribution in [0.3, 0.4) is 0 Å². The molecule has 1 aromatic rings. The molecule has 0 spiro atoms. The molecule has 3 fully saturated rings. The number of nitrogens with zero attached hydrogens (tertiary/aromatic N) is 2. The second-order valence-electron chi connectivity index (χ2n) is 8.17. The first-order valence-corrected chi connectivity index (χ1v) is 10.00. The van der Waals surface area contributed by atoms with Crippen molar-refractivity contribution in [2.45, 2.75) is 76.2 Å². The maximum Gasteiger partial charge on any atom is 0.253 e. The van der Waals surface area contributed by atoms with E-state index in [2.05, 4.69) is 29.3 Å². The minimum Gasteiger partial charge on any atom is -0.339 e. The number of nitrogens with one attached hydrogen (secondary N) is 1. The first kappa shape index (κ1) is 17.0. The Morgan fingerprint density at radius 2 is 1.68 bits per heavy atom. The Labute approximate surface area is 151 Å². The fraction of sp³-hybridized carbons (Fsp3) is 0.667. The zero-order valence-electron chi connectivity index (χ0n) is 15.6. The molecule has 25 heavy (non-hydrogen) atoms. The summed E-state index contributed by atoms with van der Waals surface area (Å²) in [4.78, 5) is 17.4. The molecule has 4 heteroatoms. The van der Waals surface area contributed by atoms with Gasteiger partial charge in [-0.05, 0) is 62.8 Å². The summed E-state index contributed by atoms with van der Waals surface area (Å²) in [6.07, 6.45) is 7.42. The van der Waals surface area contributed by atoms with Crippen molar-refractivity contribution in [3.8, 4) is 0 Å². The molecule has 1 N–H and O–H groups in total. The Hall–Kier alpha value is -1.39. The van der Waals surface area contributed by atoms with Gasteiger partial charge in [-0.15, -0.1) is 0 Å². The second kappa shape index (κ2) is 7.08. The topological polar surface area (TPSA) is 35.6 Å².